The zero-order valence-electron chi connectivity index (χ0n) is 51.6. The summed E-state index contributed by atoms with van der Waals surface area (Å²) in [6.45, 7) is 19.8. The second-order valence-corrected chi connectivity index (χ2v) is 26.6. The minimum Gasteiger partial charge on any atom is -0.464 e. The summed E-state index contributed by atoms with van der Waals surface area (Å²) in [5, 5.41) is 43.9. The molecule has 1 fully saturated rings. The quantitative estimate of drug-likeness (QED) is 0.0264. The van der Waals surface area contributed by atoms with Gasteiger partial charge in [0.2, 0.25) is 0 Å². The van der Waals surface area contributed by atoms with Crippen LogP contribution in [0.5, 0.6) is 0 Å². The molecule has 4 N–H and O–H groups in total. The zero-order chi connectivity index (χ0) is 55.9. The van der Waals surface area contributed by atoms with Crippen LogP contribution in [0.15, 0.2) is 0 Å². The van der Waals surface area contributed by atoms with Crippen LogP contribution in [0.2, 0.25) is 0 Å². The lowest BCUT2D eigenvalue weighted by atomic mass is 10.0. The zero-order valence-corrected chi connectivity index (χ0v) is 53.3. The molecule has 0 aromatic heterocycles. The van der Waals surface area contributed by atoms with E-state index in [0.29, 0.717) is 39.2 Å². The van der Waals surface area contributed by atoms with Crippen molar-refractivity contribution in [3.05, 3.63) is 0 Å². The summed E-state index contributed by atoms with van der Waals surface area (Å²) in [4.78, 5) is 22.3. The molecule has 0 aliphatic carbocycles. The third-order valence-corrected chi connectivity index (χ3v) is 18.7. The van der Waals surface area contributed by atoms with Gasteiger partial charge in [-0.2, -0.15) is 0 Å². The SMILES string of the molecule is CCCCCCCCCCCCC(O)CN(CCCCSSCCN1CCN(CCOC(=O)CCCCN(CC(O)CCCCCCCC)CC(O)CCCCCCCC)CC1)CC(O)CCCCCCCCCCCC. The Morgan fingerprint density at radius 2 is 0.688 bits per heavy atom. The van der Waals surface area contributed by atoms with E-state index in [4.69, 9.17) is 4.74 Å². The Morgan fingerprint density at radius 1 is 0.390 bits per heavy atom. The van der Waals surface area contributed by atoms with E-state index in [9.17, 15) is 25.2 Å². The van der Waals surface area contributed by atoms with Gasteiger partial charge in [0, 0.05) is 83.4 Å². The summed E-state index contributed by atoms with van der Waals surface area (Å²) in [5.74, 6) is 2.15. The standard InChI is InChI=1S/C65H132N4O6S2/c1-5-9-13-17-21-23-25-27-31-35-43-63(72)59-69(60-64(73)44-36-32-28-26-24-22-18-14-10-6-2)47-39-40-55-76-77-56-53-67-50-48-66(49-51-67)52-54-75-65(74)45-37-38-46-68(57-61(70)41-33-29-19-15-11-7-3)58-62(71)42-34-30-20-16-12-8-4/h61-64,70-73H,5-60H2,1-4H3. The monoisotopic (exact) mass is 1130 g/mol. The first kappa shape index (κ1) is 74.9. The molecule has 77 heavy (non-hydrogen) atoms. The van der Waals surface area contributed by atoms with Gasteiger partial charge in [-0.15, -0.1) is 0 Å². The highest BCUT2D eigenvalue weighted by atomic mass is 33.1. The van der Waals surface area contributed by atoms with Gasteiger partial charge in [-0.05, 0) is 64.5 Å². The largest absolute Gasteiger partial charge is 0.464 e. The van der Waals surface area contributed by atoms with Gasteiger partial charge in [0.15, 0.2) is 0 Å². The second-order valence-electron chi connectivity index (χ2n) is 23.9. The van der Waals surface area contributed by atoms with Gasteiger partial charge in [-0.25, -0.2) is 0 Å². The number of aliphatic hydroxyl groups excluding tert-OH is 4. The number of esters is 1. The lowest BCUT2D eigenvalue weighted by Gasteiger charge is -2.34. The molecule has 0 amide bonds. The number of ether oxygens (including phenoxy) is 1. The molecule has 0 spiro atoms. The van der Waals surface area contributed by atoms with Crippen LogP contribution in [-0.4, -0.2) is 167 Å². The first-order valence-electron chi connectivity index (χ1n) is 33.7. The van der Waals surface area contributed by atoms with E-state index >= 15 is 0 Å². The fourth-order valence-electron chi connectivity index (χ4n) is 11.1. The Labute approximate surface area is 486 Å². The van der Waals surface area contributed by atoms with Gasteiger partial charge in [0.25, 0.3) is 0 Å². The molecule has 0 aromatic rings. The minimum absolute atomic E-state index is 0.115. The Balaban J connectivity index is 2.31. The van der Waals surface area contributed by atoms with Crippen LogP contribution in [0.1, 0.15) is 291 Å². The summed E-state index contributed by atoms with van der Waals surface area (Å²) in [5.41, 5.74) is 0. The summed E-state index contributed by atoms with van der Waals surface area (Å²) in [6.07, 6.45) is 47.2. The molecule has 12 heteroatoms. The number of rotatable bonds is 61. The third kappa shape index (κ3) is 51.2. The Bertz CT molecular complexity index is 1150. The molecule has 0 radical (unpaired) electrons. The highest BCUT2D eigenvalue weighted by molar-refractivity contribution is 8.76. The lowest BCUT2D eigenvalue weighted by Crippen LogP contribution is -2.47. The van der Waals surface area contributed by atoms with Crippen LogP contribution in [0, 0.1) is 0 Å². The lowest BCUT2D eigenvalue weighted by molar-refractivity contribution is -0.144. The Morgan fingerprint density at radius 3 is 1.04 bits per heavy atom. The predicted octanol–water partition coefficient (Wildman–Crippen LogP) is 15.6. The van der Waals surface area contributed by atoms with E-state index in [1.165, 1.54) is 180 Å². The second kappa shape index (κ2) is 57.7. The Kier molecular flexibility index (Phi) is 56.1. The van der Waals surface area contributed by atoms with Crippen molar-refractivity contribution in [2.45, 2.75) is 315 Å². The number of nitrogens with zero attached hydrogens (tertiary/aromatic N) is 4. The van der Waals surface area contributed by atoms with E-state index in [2.05, 4.69) is 47.3 Å². The van der Waals surface area contributed by atoms with Gasteiger partial charge < -0.3 is 25.2 Å². The van der Waals surface area contributed by atoms with E-state index in [1.54, 1.807) is 0 Å². The molecule has 0 aromatic carbocycles. The molecular formula is C65H132N4O6S2. The maximum Gasteiger partial charge on any atom is 0.305 e. The van der Waals surface area contributed by atoms with Crippen molar-refractivity contribution >= 4 is 27.6 Å². The van der Waals surface area contributed by atoms with Crippen molar-refractivity contribution in [3.8, 4) is 0 Å². The molecule has 4 unspecified atom stereocenters. The number of carbonyl (C=O) groups excluding carboxylic acids is 1. The molecule has 1 saturated heterocycles. The van der Waals surface area contributed by atoms with Crippen LogP contribution in [-0.2, 0) is 9.53 Å². The topological polar surface area (TPSA) is 120 Å². The first-order valence-corrected chi connectivity index (χ1v) is 36.2. The molecule has 0 bridgehead atoms. The summed E-state index contributed by atoms with van der Waals surface area (Å²) in [7, 11) is 3.99. The average molecular weight is 1130 g/mol. The van der Waals surface area contributed by atoms with Crippen molar-refractivity contribution < 1.29 is 30.0 Å². The molecule has 1 aliphatic rings. The minimum atomic E-state index is -0.372. The summed E-state index contributed by atoms with van der Waals surface area (Å²) in [6, 6.07) is 0. The number of carbonyl (C=O) groups is 1. The molecule has 460 valence electrons. The number of aliphatic hydroxyl groups is 4. The normalized spacial score (nSPS) is 15.2. The number of unbranched alkanes of at least 4 members (excludes halogenated alkanes) is 30. The molecule has 1 heterocycles. The maximum absolute atomic E-state index is 12.7. The third-order valence-electron chi connectivity index (χ3n) is 16.2. The fourth-order valence-corrected chi connectivity index (χ4v) is 13.3. The van der Waals surface area contributed by atoms with Gasteiger partial charge >= 0.3 is 5.97 Å². The van der Waals surface area contributed by atoms with E-state index in [-0.39, 0.29) is 30.4 Å². The molecular weight excluding hydrogens is 997 g/mol. The number of piperazine rings is 1. The van der Waals surface area contributed by atoms with Crippen LogP contribution in [0.25, 0.3) is 0 Å². The highest BCUT2D eigenvalue weighted by Crippen LogP contribution is 2.23. The van der Waals surface area contributed by atoms with Crippen molar-refractivity contribution in [1.82, 2.24) is 19.6 Å². The molecule has 1 aliphatic heterocycles. The van der Waals surface area contributed by atoms with Crippen molar-refractivity contribution in [1.29, 1.82) is 0 Å². The van der Waals surface area contributed by atoms with E-state index < -0.39 is 0 Å². The maximum atomic E-state index is 12.7. The fraction of sp³-hybridized carbons (Fsp3) is 0.985. The van der Waals surface area contributed by atoms with Crippen LogP contribution < -0.4 is 0 Å². The molecule has 1 rings (SSSR count). The van der Waals surface area contributed by atoms with Gasteiger partial charge in [0.1, 0.15) is 6.61 Å². The Hall–Kier alpha value is -0.150. The van der Waals surface area contributed by atoms with Gasteiger partial charge in [-0.3, -0.25) is 24.4 Å². The summed E-state index contributed by atoms with van der Waals surface area (Å²) >= 11 is 0. The number of hydrogen-bond acceptors (Lipinski definition) is 12. The molecule has 10 nitrogen and oxygen atoms in total. The van der Waals surface area contributed by atoms with Crippen molar-refractivity contribution in [3.63, 3.8) is 0 Å². The number of hydrogen-bond donors (Lipinski definition) is 4. The van der Waals surface area contributed by atoms with E-state index in [0.717, 1.165) is 141 Å². The predicted molar refractivity (Wildman–Crippen MR) is 338 cm³/mol. The van der Waals surface area contributed by atoms with E-state index in [1.807, 2.05) is 21.6 Å². The molecule has 4 atom stereocenters. The smallest absolute Gasteiger partial charge is 0.305 e. The first-order chi connectivity index (χ1) is 37.7. The van der Waals surface area contributed by atoms with Crippen LogP contribution in [0.3, 0.4) is 0 Å². The summed E-state index contributed by atoms with van der Waals surface area (Å²) < 4.78 is 5.69. The van der Waals surface area contributed by atoms with Gasteiger partial charge in [-0.1, -0.05) is 255 Å². The molecule has 0 saturated carbocycles. The van der Waals surface area contributed by atoms with Crippen molar-refractivity contribution in [2.75, 3.05) is 96.6 Å². The highest BCUT2D eigenvalue weighted by Gasteiger charge is 2.20. The average Bonchev–Trinajstić information content (AvgIpc) is 3.41. The van der Waals surface area contributed by atoms with Gasteiger partial charge in [0.05, 0.1) is 24.4 Å². The van der Waals surface area contributed by atoms with Crippen LogP contribution >= 0.6 is 21.6 Å². The van der Waals surface area contributed by atoms with Crippen molar-refractivity contribution in [2.24, 2.45) is 0 Å². The van der Waals surface area contributed by atoms with Crippen LogP contribution in [0.4, 0.5) is 0 Å².